The number of nitrogens with one attached hydrogen (secondary N) is 2. The van der Waals surface area contributed by atoms with Gasteiger partial charge in [-0.3, -0.25) is 19.7 Å². The summed E-state index contributed by atoms with van der Waals surface area (Å²) < 4.78 is 37.3. The van der Waals surface area contributed by atoms with E-state index in [1.54, 1.807) is 4.90 Å². The van der Waals surface area contributed by atoms with Crippen LogP contribution < -0.4 is 15.5 Å². The van der Waals surface area contributed by atoms with Crippen molar-refractivity contribution in [2.75, 3.05) is 18.0 Å². The molecule has 1 unspecified atom stereocenters. The van der Waals surface area contributed by atoms with E-state index in [-0.39, 0.29) is 30.7 Å². The van der Waals surface area contributed by atoms with Gasteiger partial charge in [-0.2, -0.15) is 13.2 Å². The Bertz CT molecular complexity index is 1050. The van der Waals surface area contributed by atoms with Crippen molar-refractivity contribution in [2.45, 2.75) is 101 Å². The van der Waals surface area contributed by atoms with E-state index in [0.29, 0.717) is 31.1 Å². The maximum atomic E-state index is 13.3. The molecule has 1 atom stereocenters. The van der Waals surface area contributed by atoms with E-state index < -0.39 is 24.5 Å². The lowest BCUT2D eigenvalue weighted by Crippen LogP contribution is -2.52. The fraction of sp³-hybridized carbons (Fsp3) is 0.679. The second-order valence-electron chi connectivity index (χ2n) is 11.3. The minimum Gasteiger partial charge on any atom is -0.368 e. The van der Waals surface area contributed by atoms with Crippen molar-refractivity contribution < 1.29 is 27.6 Å². The first-order valence-corrected chi connectivity index (χ1v) is 14.0. The van der Waals surface area contributed by atoms with Gasteiger partial charge in [-0.15, -0.1) is 0 Å². The number of amides is 3. The van der Waals surface area contributed by atoms with Gasteiger partial charge in [0, 0.05) is 54.8 Å². The normalized spacial score (nSPS) is 25.9. The molecule has 10 heteroatoms. The van der Waals surface area contributed by atoms with Crippen molar-refractivity contribution in [1.29, 1.82) is 0 Å². The van der Waals surface area contributed by atoms with Gasteiger partial charge in [0.2, 0.25) is 11.8 Å². The molecule has 2 aliphatic heterocycles. The van der Waals surface area contributed by atoms with E-state index in [2.05, 4.69) is 21.6 Å². The van der Waals surface area contributed by atoms with Crippen LogP contribution in [0.15, 0.2) is 18.2 Å². The van der Waals surface area contributed by atoms with Gasteiger partial charge >= 0.3 is 6.18 Å². The van der Waals surface area contributed by atoms with E-state index in [1.807, 2.05) is 12.1 Å². The van der Waals surface area contributed by atoms with E-state index in [1.165, 1.54) is 12.8 Å². The van der Waals surface area contributed by atoms with Crippen molar-refractivity contribution in [2.24, 2.45) is 5.92 Å². The molecule has 5 rings (SSSR count). The number of nitrogens with zero attached hydrogens (tertiary/aromatic N) is 2. The Morgan fingerprint density at radius 2 is 1.79 bits per heavy atom. The molecule has 0 bridgehead atoms. The zero-order valence-corrected chi connectivity index (χ0v) is 21.7. The van der Waals surface area contributed by atoms with Crippen molar-refractivity contribution in [3.05, 3.63) is 29.3 Å². The number of alkyl halides is 3. The minimum atomic E-state index is -4.10. The first-order chi connectivity index (χ1) is 18.2. The largest absolute Gasteiger partial charge is 0.389 e. The van der Waals surface area contributed by atoms with E-state index in [4.69, 9.17) is 0 Å². The number of fused-ring (bicyclic) bond motifs is 1. The summed E-state index contributed by atoms with van der Waals surface area (Å²) in [7, 11) is 0. The molecule has 2 saturated carbocycles. The van der Waals surface area contributed by atoms with E-state index >= 15 is 0 Å². The van der Waals surface area contributed by atoms with Crippen LogP contribution in [0.5, 0.6) is 0 Å². The molecule has 1 aromatic carbocycles. The van der Waals surface area contributed by atoms with Crippen LogP contribution in [0.4, 0.5) is 18.9 Å². The lowest BCUT2D eigenvalue weighted by Gasteiger charge is -2.40. The highest BCUT2D eigenvalue weighted by atomic mass is 19.4. The van der Waals surface area contributed by atoms with Crippen molar-refractivity contribution in [3.8, 4) is 0 Å². The SMILES string of the molecule is O=C1CCC(N2Cc3c(cccc3N(CCC3CC3)C3CCC(NCCCC(F)(F)F)CC3)C2=O)C(=O)N1. The maximum Gasteiger partial charge on any atom is 0.389 e. The van der Waals surface area contributed by atoms with Crippen LogP contribution in [-0.2, 0) is 16.1 Å². The molecule has 3 amide bonds. The molecule has 0 radical (unpaired) electrons. The first kappa shape index (κ1) is 27.0. The van der Waals surface area contributed by atoms with Gasteiger partial charge in [0.25, 0.3) is 5.91 Å². The summed E-state index contributed by atoms with van der Waals surface area (Å²) >= 11 is 0. The van der Waals surface area contributed by atoms with E-state index in [9.17, 15) is 27.6 Å². The second kappa shape index (κ2) is 11.2. The molecule has 0 spiro atoms. The highest BCUT2D eigenvalue weighted by Crippen LogP contribution is 2.39. The van der Waals surface area contributed by atoms with Gasteiger partial charge in [0.1, 0.15) is 6.04 Å². The fourth-order valence-electron chi connectivity index (χ4n) is 6.25. The number of rotatable bonds is 10. The van der Waals surface area contributed by atoms with Crippen LogP contribution in [0.3, 0.4) is 0 Å². The van der Waals surface area contributed by atoms with Gasteiger partial charge in [-0.1, -0.05) is 18.9 Å². The van der Waals surface area contributed by atoms with Crippen molar-refractivity contribution >= 4 is 23.4 Å². The Labute approximate surface area is 221 Å². The quantitative estimate of drug-likeness (QED) is 0.346. The van der Waals surface area contributed by atoms with Gasteiger partial charge in [-0.25, -0.2) is 0 Å². The molecular formula is C28H37F3N4O3. The lowest BCUT2D eigenvalue weighted by molar-refractivity contribution is -0.137. The van der Waals surface area contributed by atoms with Gasteiger partial charge in [-0.05, 0) is 69.5 Å². The molecule has 1 aromatic rings. The number of benzene rings is 1. The number of imide groups is 1. The maximum absolute atomic E-state index is 13.3. The molecular weight excluding hydrogens is 497 g/mol. The zero-order valence-electron chi connectivity index (χ0n) is 21.7. The first-order valence-electron chi connectivity index (χ1n) is 14.0. The van der Waals surface area contributed by atoms with Crippen LogP contribution in [-0.4, -0.2) is 60.0 Å². The highest BCUT2D eigenvalue weighted by molar-refractivity contribution is 6.06. The van der Waals surface area contributed by atoms with Crippen molar-refractivity contribution in [1.82, 2.24) is 15.5 Å². The van der Waals surface area contributed by atoms with Crippen LogP contribution in [0.25, 0.3) is 0 Å². The summed E-state index contributed by atoms with van der Waals surface area (Å²) in [5.74, 6) is -0.115. The predicted molar refractivity (Wildman–Crippen MR) is 137 cm³/mol. The number of carbonyl (C=O) groups excluding carboxylic acids is 3. The molecule has 3 fully saturated rings. The standard InChI is InChI=1S/C28H37F3N4O3/c29-28(30,31)14-2-15-32-19-7-9-20(10-8-19)34(16-13-18-5-6-18)23-4-1-3-21-22(23)17-35(27(21)38)24-11-12-25(36)33-26(24)37/h1,3-4,18-20,24,32H,2,5-17H2,(H,33,36,37). The molecule has 208 valence electrons. The third-order valence-corrected chi connectivity index (χ3v) is 8.55. The van der Waals surface area contributed by atoms with Gasteiger partial charge in [0.15, 0.2) is 0 Å². The Kier molecular flexibility index (Phi) is 7.98. The molecule has 4 aliphatic rings. The Balaban J connectivity index is 1.27. The zero-order chi connectivity index (χ0) is 26.9. The lowest BCUT2D eigenvalue weighted by atomic mass is 9.89. The van der Waals surface area contributed by atoms with Crippen LogP contribution >= 0.6 is 0 Å². The highest BCUT2D eigenvalue weighted by Gasteiger charge is 2.41. The monoisotopic (exact) mass is 534 g/mol. The van der Waals surface area contributed by atoms with Crippen LogP contribution in [0.1, 0.15) is 86.6 Å². The van der Waals surface area contributed by atoms with Crippen LogP contribution in [0, 0.1) is 5.92 Å². The average molecular weight is 535 g/mol. The fourth-order valence-corrected chi connectivity index (χ4v) is 6.25. The topological polar surface area (TPSA) is 81.8 Å². The second-order valence-corrected chi connectivity index (χ2v) is 11.3. The molecule has 2 N–H and O–H groups in total. The van der Waals surface area contributed by atoms with Gasteiger partial charge < -0.3 is 15.1 Å². The third kappa shape index (κ3) is 6.33. The van der Waals surface area contributed by atoms with E-state index in [0.717, 1.165) is 55.8 Å². The molecule has 2 aliphatic carbocycles. The number of carbonyl (C=O) groups is 3. The molecule has 7 nitrogen and oxygen atoms in total. The summed E-state index contributed by atoms with van der Waals surface area (Å²) in [6.07, 6.45) is 3.13. The molecule has 2 heterocycles. The Hall–Kier alpha value is -2.62. The summed E-state index contributed by atoms with van der Waals surface area (Å²) in [4.78, 5) is 41.6. The molecule has 0 aromatic heterocycles. The number of hydrogen-bond donors (Lipinski definition) is 2. The van der Waals surface area contributed by atoms with Gasteiger partial charge in [0.05, 0.1) is 0 Å². The minimum absolute atomic E-state index is 0.102. The number of hydrogen-bond acceptors (Lipinski definition) is 5. The average Bonchev–Trinajstić information content (AvgIpc) is 3.65. The Morgan fingerprint density at radius 3 is 2.47 bits per heavy atom. The number of piperidine rings is 1. The summed E-state index contributed by atoms with van der Waals surface area (Å²) in [5.41, 5.74) is 2.63. The Morgan fingerprint density at radius 1 is 1.03 bits per heavy atom. The van der Waals surface area contributed by atoms with Crippen molar-refractivity contribution in [3.63, 3.8) is 0 Å². The smallest absolute Gasteiger partial charge is 0.368 e. The molecule has 1 saturated heterocycles. The summed E-state index contributed by atoms with van der Waals surface area (Å²) in [5, 5.41) is 5.69. The van der Waals surface area contributed by atoms with Crippen LogP contribution in [0.2, 0.25) is 0 Å². The molecule has 38 heavy (non-hydrogen) atoms. The summed E-state index contributed by atoms with van der Waals surface area (Å²) in [6.45, 7) is 1.64. The predicted octanol–water partition coefficient (Wildman–Crippen LogP) is 4.30. The summed E-state index contributed by atoms with van der Waals surface area (Å²) in [6, 6.07) is 5.71. The number of anilines is 1. The number of halogens is 3. The third-order valence-electron chi connectivity index (χ3n) is 8.55.